The molecular formula is C51H52F8N12O4. The number of carbonyl (C=O) groups is 1. The largest absolute Gasteiger partial charge is 0.444 e. The van der Waals surface area contributed by atoms with Crippen molar-refractivity contribution >= 4 is 39.8 Å². The number of H-pyrrole nitrogens is 2. The van der Waals surface area contributed by atoms with E-state index >= 15 is 8.78 Å². The number of rotatable bonds is 8. The molecule has 8 heterocycles. The van der Waals surface area contributed by atoms with Gasteiger partial charge in [-0.15, -0.1) is 0 Å². The van der Waals surface area contributed by atoms with Crippen LogP contribution in [0.1, 0.15) is 80.5 Å². The van der Waals surface area contributed by atoms with Crippen LogP contribution in [0.5, 0.6) is 0 Å². The molecule has 6 aromatic heterocycles. The number of aromatic amines is 2. The zero-order valence-electron chi connectivity index (χ0n) is 41.7. The monoisotopic (exact) mass is 1050 g/mol. The van der Waals surface area contributed by atoms with Gasteiger partial charge in [0.1, 0.15) is 39.9 Å². The average molecular weight is 1050 g/mol. The quantitative estimate of drug-likeness (QED) is 0.0901. The summed E-state index contributed by atoms with van der Waals surface area (Å²) in [6.07, 6.45) is -2.52. The molecule has 396 valence electrons. The van der Waals surface area contributed by atoms with Crippen LogP contribution in [0.25, 0.3) is 66.6 Å². The number of anilines is 2. The summed E-state index contributed by atoms with van der Waals surface area (Å²) < 4.78 is 130. The molecule has 16 nitrogen and oxygen atoms in total. The molecule has 0 aliphatic carbocycles. The number of ether oxygens (including phenoxy) is 1. The van der Waals surface area contributed by atoms with E-state index in [1.165, 1.54) is 30.6 Å². The molecule has 0 unspecified atom stereocenters. The summed E-state index contributed by atoms with van der Waals surface area (Å²) in [6, 6.07) is 5.15. The van der Waals surface area contributed by atoms with Crippen LogP contribution in [0.3, 0.4) is 0 Å². The molecule has 2 atom stereocenters. The molecule has 0 bridgehead atoms. The number of benzene rings is 2. The van der Waals surface area contributed by atoms with Crippen molar-refractivity contribution in [2.45, 2.75) is 104 Å². The molecule has 2 saturated heterocycles. The lowest BCUT2D eigenvalue weighted by Crippen LogP contribution is -2.47. The number of fused-ring (bicyclic) bond motifs is 2. The number of halogens is 8. The van der Waals surface area contributed by atoms with Crippen LogP contribution in [-0.4, -0.2) is 95.1 Å². The van der Waals surface area contributed by atoms with E-state index in [2.05, 4.69) is 56.2 Å². The van der Waals surface area contributed by atoms with E-state index in [4.69, 9.17) is 13.8 Å². The first-order chi connectivity index (χ1) is 35.4. The Morgan fingerprint density at radius 3 is 1.60 bits per heavy atom. The van der Waals surface area contributed by atoms with Crippen molar-refractivity contribution in [2.24, 2.45) is 0 Å². The maximum atomic E-state index is 15.4. The fraction of sp³-hybridized carbons (Fsp3) is 0.392. The first-order valence-electron chi connectivity index (χ1n) is 24.0. The number of aromatic nitrogens is 8. The lowest BCUT2D eigenvalue weighted by Gasteiger charge is -2.34. The van der Waals surface area contributed by atoms with Crippen LogP contribution in [0.2, 0.25) is 0 Å². The van der Waals surface area contributed by atoms with Gasteiger partial charge in [-0.2, -0.15) is 26.3 Å². The van der Waals surface area contributed by atoms with Gasteiger partial charge in [0.2, 0.25) is 11.9 Å². The zero-order valence-corrected chi connectivity index (χ0v) is 41.7. The van der Waals surface area contributed by atoms with Crippen molar-refractivity contribution in [1.82, 2.24) is 50.4 Å². The molecule has 2 aliphatic heterocycles. The molecule has 8 aromatic rings. The van der Waals surface area contributed by atoms with Crippen molar-refractivity contribution < 1.29 is 53.7 Å². The predicted octanol–water partition coefficient (Wildman–Crippen LogP) is 12.1. The minimum absolute atomic E-state index is 0.0105. The third kappa shape index (κ3) is 11.1. The number of likely N-dealkylation sites (tertiary alicyclic amines) is 1. The van der Waals surface area contributed by atoms with Crippen molar-refractivity contribution in [2.75, 3.05) is 36.8 Å². The minimum Gasteiger partial charge on any atom is -0.444 e. The van der Waals surface area contributed by atoms with Crippen molar-refractivity contribution in [1.29, 1.82) is 0 Å². The Hall–Kier alpha value is -7.63. The standard InChI is InChI=1S/C28H30F4N6O3.C23H22F4N6O/c1-14-23(15(2)41-37-14)18-10-22-17(9-21(18)29)19(11-33-22)24-20(28(30,31)32)12-34-25(36-24)35-16-7-6-8-38(13-16)26(39)40-27(3,4)5;1-11-20(12(2)34-33-11)15-7-19-14(6-18(15)24)16(9-29-19)21-17(23(25,26)27)10-30-22(32-21)31-13-4-3-5-28-8-13/h9-12,16,33H,6-8,13H2,1-5H3,(H,34,35,36);6-7,9-10,13,28-29H,3-5,8H2,1-2H3,(H,30,31,32)/t16-;13-/m00/s1. The number of nitrogens with zero attached hydrogens (tertiary/aromatic N) is 7. The second kappa shape index (κ2) is 20.2. The van der Waals surface area contributed by atoms with Gasteiger partial charge < -0.3 is 44.6 Å². The molecule has 2 fully saturated rings. The number of carbonyl (C=O) groups excluding carboxylic acids is 1. The molecule has 24 heteroatoms. The van der Waals surface area contributed by atoms with Gasteiger partial charge in [0.05, 0.1) is 33.9 Å². The number of aryl methyl sites for hydroxylation is 4. The van der Waals surface area contributed by atoms with Crippen molar-refractivity contribution in [3.63, 3.8) is 0 Å². The van der Waals surface area contributed by atoms with Crippen LogP contribution in [-0.2, 0) is 17.1 Å². The summed E-state index contributed by atoms with van der Waals surface area (Å²) in [7, 11) is 0. The van der Waals surface area contributed by atoms with Gasteiger partial charge in [0.25, 0.3) is 0 Å². The SMILES string of the molecule is Cc1noc(C)c1-c1cc2[nH]cc(-c3nc(N[C@H]4CCCN(C(=O)OC(C)(C)C)C4)ncc3C(F)(F)F)c2cc1F.Cc1noc(C)c1-c1cc2[nH]cc(-c3nc(N[C@H]4CCCNC4)ncc3C(F)(F)F)c2cc1F. The Bertz CT molecular complexity index is 3360. The van der Waals surface area contributed by atoms with E-state index < -0.39 is 52.5 Å². The van der Waals surface area contributed by atoms with Crippen LogP contribution in [0.15, 0.2) is 58.1 Å². The summed E-state index contributed by atoms with van der Waals surface area (Å²) in [5.41, 5.74) is 0.149. The molecule has 0 saturated carbocycles. The first kappa shape index (κ1) is 52.2. The minimum atomic E-state index is -4.76. The number of piperidine rings is 2. The first-order valence-corrected chi connectivity index (χ1v) is 24.0. The second-order valence-electron chi connectivity index (χ2n) is 19.6. The van der Waals surface area contributed by atoms with Gasteiger partial charge in [-0.1, -0.05) is 10.3 Å². The third-order valence-electron chi connectivity index (χ3n) is 12.9. The summed E-state index contributed by atoms with van der Waals surface area (Å²) >= 11 is 0. The number of hydrogen-bond donors (Lipinski definition) is 5. The molecule has 2 aliphatic rings. The average Bonchev–Trinajstić information content (AvgIpc) is 4.13. The molecular weight excluding hydrogens is 997 g/mol. The molecule has 5 N–H and O–H groups in total. The van der Waals surface area contributed by atoms with E-state index in [-0.39, 0.29) is 69.2 Å². The zero-order chi connectivity index (χ0) is 53.7. The molecule has 10 rings (SSSR count). The third-order valence-corrected chi connectivity index (χ3v) is 12.9. The maximum absolute atomic E-state index is 15.4. The Morgan fingerprint density at radius 1 is 0.693 bits per heavy atom. The maximum Gasteiger partial charge on any atom is 0.419 e. The van der Waals surface area contributed by atoms with Gasteiger partial charge in [0, 0.05) is 101 Å². The van der Waals surface area contributed by atoms with Crippen LogP contribution >= 0.6 is 0 Å². The smallest absolute Gasteiger partial charge is 0.419 e. The summed E-state index contributed by atoms with van der Waals surface area (Å²) in [6.45, 7) is 14.4. The topological polar surface area (TPSA) is 201 Å². The fourth-order valence-corrected chi connectivity index (χ4v) is 9.45. The van der Waals surface area contributed by atoms with E-state index in [0.29, 0.717) is 77.2 Å². The molecule has 0 radical (unpaired) electrons. The van der Waals surface area contributed by atoms with E-state index in [0.717, 1.165) is 25.6 Å². The van der Waals surface area contributed by atoms with Gasteiger partial charge >= 0.3 is 18.4 Å². The molecule has 75 heavy (non-hydrogen) atoms. The highest BCUT2D eigenvalue weighted by Crippen LogP contribution is 2.43. The van der Waals surface area contributed by atoms with Crippen molar-refractivity contribution in [3.05, 3.63) is 94.7 Å². The van der Waals surface area contributed by atoms with E-state index in [1.54, 1.807) is 59.4 Å². The highest BCUT2D eigenvalue weighted by molar-refractivity contribution is 5.99. The predicted molar refractivity (Wildman–Crippen MR) is 262 cm³/mol. The highest BCUT2D eigenvalue weighted by Gasteiger charge is 2.38. The van der Waals surface area contributed by atoms with E-state index in [1.807, 2.05) is 0 Å². The summed E-state index contributed by atoms with van der Waals surface area (Å²) in [5, 5.41) is 17.6. The van der Waals surface area contributed by atoms with E-state index in [9.17, 15) is 31.1 Å². The lowest BCUT2D eigenvalue weighted by atomic mass is 9.99. The fourth-order valence-electron chi connectivity index (χ4n) is 9.45. The molecule has 0 spiro atoms. The van der Waals surface area contributed by atoms with Gasteiger partial charge in [0.15, 0.2) is 0 Å². The molecule has 2 aromatic carbocycles. The van der Waals surface area contributed by atoms with Crippen molar-refractivity contribution in [3.8, 4) is 44.8 Å². The Labute approximate surface area is 423 Å². The number of nitrogens with one attached hydrogen (secondary N) is 5. The second-order valence-corrected chi connectivity index (χ2v) is 19.6. The Balaban J connectivity index is 0.000000187. The summed E-state index contributed by atoms with van der Waals surface area (Å²) in [4.78, 5) is 36.3. The molecule has 1 amide bonds. The Kier molecular flexibility index (Phi) is 14.1. The Morgan fingerprint density at radius 2 is 1.17 bits per heavy atom. The van der Waals surface area contributed by atoms with Gasteiger partial charge in [-0.05, 0) is 105 Å². The van der Waals surface area contributed by atoms with Crippen LogP contribution in [0.4, 0.5) is 51.8 Å². The lowest BCUT2D eigenvalue weighted by molar-refractivity contribution is -0.138. The normalized spacial score (nSPS) is 16.5. The van der Waals surface area contributed by atoms with Crippen LogP contribution < -0.4 is 16.0 Å². The van der Waals surface area contributed by atoms with Gasteiger partial charge in [-0.25, -0.2) is 33.5 Å². The number of amides is 1. The summed E-state index contributed by atoms with van der Waals surface area (Å²) in [5.74, 6) is -0.308. The van der Waals surface area contributed by atoms with Crippen LogP contribution in [0, 0.1) is 39.3 Å². The number of hydrogen-bond acceptors (Lipinski definition) is 13. The highest BCUT2D eigenvalue weighted by atomic mass is 19.4. The number of alkyl halides is 6. The van der Waals surface area contributed by atoms with Gasteiger partial charge in [-0.3, -0.25) is 0 Å².